The fourth-order valence-electron chi connectivity index (χ4n) is 1.56. The van der Waals surface area contributed by atoms with Crippen molar-refractivity contribution >= 4 is 17.6 Å². The molecule has 0 saturated carbocycles. The normalized spacial score (nSPS) is 9.90. The highest BCUT2D eigenvalue weighted by Gasteiger charge is 2.07. The molecule has 21 heavy (non-hydrogen) atoms. The van der Waals surface area contributed by atoms with E-state index >= 15 is 0 Å². The average molecular weight is 288 g/mol. The van der Waals surface area contributed by atoms with Gasteiger partial charge in [0.15, 0.2) is 6.61 Å². The number of carbonyl (C=O) groups excluding carboxylic acids is 1. The molecule has 0 unspecified atom stereocenters. The van der Waals surface area contributed by atoms with Gasteiger partial charge in [0, 0.05) is 24.0 Å². The van der Waals surface area contributed by atoms with Gasteiger partial charge in [-0.2, -0.15) is 0 Å². The third-order valence-corrected chi connectivity index (χ3v) is 2.50. The van der Waals surface area contributed by atoms with Crippen molar-refractivity contribution in [3.63, 3.8) is 0 Å². The summed E-state index contributed by atoms with van der Waals surface area (Å²) in [6, 6.07) is 9.00. The Labute approximate surface area is 119 Å². The van der Waals surface area contributed by atoms with Gasteiger partial charge in [-0.05, 0) is 18.2 Å². The number of carboxylic acids is 1. The molecule has 108 valence electrons. The van der Waals surface area contributed by atoms with Gasteiger partial charge >= 0.3 is 5.97 Å². The third-order valence-electron chi connectivity index (χ3n) is 2.50. The highest BCUT2D eigenvalue weighted by Crippen LogP contribution is 2.17. The average Bonchev–Trinajstić information content (AvgIpc) is 2.46. The van der Waals surface area contributed by atoms with Crippen LogP contribution in [-0.4, -0.2) is 28.6 Å². The maximum Gasteiger partial charge on any atom is 0.341 e. The summed E-state index contributed by atoms with van der Waals surface area (Å²) < 4.78 is 5.01. The van der Waals surface area contributed by atoms with Crippen LogP contribution in [0.25, 0.3) is 0 Å². The number of amides is 1. The molecule has 0 aliphatic rings. The van der Waals surface area contributed by atoms with Crippen molar-refractivity contribution in [2.24, 2.45) is 0 Å². The molecule has 0 fully saturated rings. The molecular formula is C14H12N2O5. The third kappa shape index (κ3) is 4.20. The second kappa shape index (κ2) is 6.38. The minimum Gasteiger partial charge on any atom is -0.482 e. The highest BCUT2D eigenvalue weighted by molar-refractivity contribution is 6.04. The first-order chi connectivity index (χ1) is 10.0. The van der Waals surface area contributed by atoms with Gasteiger partial charge in [0.05, 0.1) is 5.56 Å². The summed E-state index contributed by atoms with van der Waals surface area (Å²) in [6.45, 7) is -0.461. The van der Waals surface area contributed by atoms with E-state index in [-0.39, 0.29) is 5.56 Å². The Hall–Kier alpha value is -3.09. The largest absolute Gasteiger partial charge is 0.482 e. The quantitative estimate of drug-likeness (QED) is 0.763. The van der Waals surface area contributed by atoms with Crippen LogP contribution in [0.4, 0.5) is 5.69 Å². The summed E-state index contributed by atoms with van der Waals surface area (Å²) in [6.07, 6.45) is 1.31. The number of carbonyl (C=O) groups is 2. The molecule has 2 rings (SSSR count). The number of rotatable bonds is 5. The number of carboxylic acid groups (broad SMARTS) is 1. The molecule has 1 aromatic heterocycles. The van der Waals surface area contributed by atoms with Gasteiger partial charge in [-0.3, -0.25) is 9.59 Å². The molecule has 7 nitrogen and oxygen atoms in total. The smallest absolute Gasteiger partial charge is 0.341 e. The molecule has 0 bridgehead atoms. The second-order valence-electron chi connectivity index (χ2n) is 4.11. The molecule has 1 aromatic carbocycles. The van der Waals surface area contributed by atoms with E-state index in [1.807, 2.05) is 0 Å². The fourth-order valence-corrected chi connectivity index (χ4v) is 1.56. The molecule has 7 heteroatoms. The van der Waals surface area contributed by atoms with Crippen LogP contribution in [0.5, 0.6) is 5.75 Å². The Morgan fingerprint density at radius 3 is 2.71 bits per heavy atom. The molecule has 3 N–H and O–H groups in total. The zero-order chi connectivity index (χ0) is 15.2. The lowest BCUT2D eigenvalue weighted by Gasteiger charge is -2.07. The van der Waals surface area contributed by atoms with Gasteiger partial charge in [0.2, 0.25) is 5.56 Å². The lowest BCUT2D eigenvalue weighted by Crippen LogP contribution is -2.14. The topological polar surface area (TPSA) is 108 Å². The number of aromatic nitrogens is 1. The van der Waals surface area contributed by atoms with Gasteiger partial charge in [-0.25, -0.2) is 4.79 Å². The van der Waals surface area contributed by atoms with E-state index in [0.717, 1.165) is 0 Å². The standard InChI is InChI=1S/C14H12N2O5/c17-12-5-4-9(7-15-12)14(20)16-10-2-1-3-11(6-10)21-8-13(18)19/h1-7H,8H2,(H,15,17)(H,16,20)(H,18,19). The molecular weight excluding hydrogens is 276 g/mol. The first-order valence-corrected chi connectivity index (χ1v) is 5.99. The van der Waals surface area contributed by atoms with E-state index in [1.165, 1.54) is 24.4 Å². The van der Waals surface area contributed by atoms with Crippen molar-refractivity contribution in [2.75, 3.05) is 11.9 Å². The lowest BCUT2D eigenvalue weighted by molar-refractivity contribution is -0.139. The molecule has 0 saturated heterocycles. The number of aliphatic carboxylic acids is 1. The number of hydrogen-bond donors (Lipinski definition) is 3. The van der Waals surface area contributed by atoms with Gasteiger partial charge in [0.25, 0.3) is 5.91 Å². The first-order valence-electron chi connectivity index (χ1n) is 5.99. The van der Waals surface area contributed by atoms with Crippen LogP contribution in [0.2, 0.25) is 0 Å². The van der Waals surface area contributed by atoms with E-state index < -0.39 is 18.5 Å². The number of ether oxygens (including phenoxy) is 1. The van der Waals surface area contributed by atoms with Crippen molar-refractivity contribution < 1.29 is 19.4 Å². The summed E-state index contributed by atoms with van der Waals surface area (Å²) in [5.74, 6) is -1.16. The Bertz CT molecular complexity index is 703. The lowest BCUT2D eigenvalue weighted by atomic mass is 10.2. The number of nitrogens with one attached hydrogen (secondary N) is 2. The minimum absolute atomic E-state index is 0.296. The van der Waals surface area contributed by atoms with Crippen LogP contribution in [0, 0.1) is 0 Å². The molecule has 2 aromatic rings. The minimum atomic E-state index is -1.09. The maximum atomic E-state index is 11.9. The van der Waals surface area contributed by atoms with Crippen LogP contribution >= 0.6 is 0 Å². The summed E-state index contributed by atoms with van der Waals surface area (Å²) in [5.41, 5.74) is 0.455. The van der Waals surface area contributed by atoms with Gasteiger partial charge in [-0.1, -0.05) is 6.07 Å². The van der Waals surface area contributed by atoms with Gasteiger partial charge < -0.3 is 20.1 Å². The highest BCUT2D eigenvalue weighted by atomic mass is 16.5. The van der Waals surface area contributed by atoms with Crippen molar-refractivity contribution in [3.8, 4) is 5.75 Å². The van der Waals surface area contributed by atoms with E-state index in [4.69, 9.17) is 9.84 Å². The number of aromatic amines is 1. The Morgan fingerprint density at radius 2 is 2.05 bits per heavy atom. The predicted octanol–water partition coefficient (Wildman–Crippen LogP) is 1.09. The molecule has 0 aliphatic heterocycles. The van der Waals surface area contributed by atoms with Crippen molar-refractivity contribution in [1.82, 2.24) is 4.98 Å². The molecule has 0 atom stereocenters. The van der Waals surface area contributed by atoms with Crippen LogP contribution < -0.4 is 15.6 Å². The monoisotopic (exact) mass is 288 g/mol. The summed E-state index contributed by atoms with van der Waals surface area (Å²) >= 11 is 0. The number of pyridine rings is 1. The summed E-state index contributed by atoms with van der Waals surface area (Å²) in [7, 11) is 0. The Morgan fingerprint density at radius 1 is 1.24 bits per heavy atom. The molecule has 1 amide bonds. The summed E-state index contributed by atoms with van der Waals surface area (Å²) in [5, 5.41) is 11.2. The van der Waals surface area contributed by atoms with Crippen molar-refractivity contribution in [1.29, 1.82) is 0 Å². The second-order valence-corrected chi connectivity index (χ2v) is 4.11. The molecule has 0 radical (unpaired) electrons. The van der Waals surface area contributed by atoms with Crippen LogP contribution in [-0.2, 0) is 4.79 Å². The molecule has 0 aliphatic carbocycles. The number of anilines is 1. The predicted molar refractivity (Wildman–Crippen MR) is 74.6 cm³/mol. The summed E-state index contributed by atoms with van der Waals surface area (Å²) in [4.78, 5) is 35.7. The molecule has 0 spiro atoms. The van der Waals surface area contributed by atoms with E-state index in [9.17, 15) is 14.4 Å². The van der Waals surface area contributed by atoms with E-state index in [1.54, 1.807) is 18.2 Å². The maximum absolute atomic E-state index is 11.9. The zero-order valence-corrected chi connectivity index (χ0v) is 10.8. The SMILES string of the molecule is O=C(O)COc1cccc(NC(=O)c2ccc(=O)[nH]c2)c1. The van der Waals surface area contributed by atoms with Gasteiger partial charge in [-0.15, -0.1) is 0 Å². The van der Waals surface area contributed by atoms with Crippen molar-refractivity contribution in [2.45, 2.75) is 0 Å². The van der Waals surface area contributed by atoms with E-state index in [0.29, 0.717) is 17.0 Å². The van der Waals surface area contributed by atoms with Crippen LogP contribution in [0.1, 0.15) is 10.4 Å². The van der Waals surface area contributed by atoms with Gasteiger partial charge in [0.1, 0.15) is 5.75 Å². The van der Waals surface area contributed by atoms with Crippen LogP contribution in [0.3, 0.4) is 0 Å². The number of benzene rings is 1. The fraction of sp³-hybridized carbons (Fsp3) is 0.0714. The number of H-pyrrole nitrogens is 1. The number of hydrogen-bond acceptors (Lipinski definition) is 4. The Kier molecular flexibility index (Phi) is 4.35. The van der Waals surface area contributed by atoms with Crippen molar-refractivity contribution in [3.05, 3.63) is 58.5 Å². The zero-order valence-electron chi connectivity index (χ0n) is 10.8. The van der Waals surface area contributed by atoms with Crippen LogP contribution in [0.15, 0.2) is 47.4 Å². The van der Waals surface area contributed by atoms with E-state index in [2.05, 4.69) is 10.3 Å². The first kappa shape index (κ1) is 14.3. The Balaban J connectivity index is 2.06. The molecule has 1 heterocycles.